The van der Waals surface area contributed by atoms with Gasteiger partial charge in [0.1, 0.15) is 6.07 Å². The van der Waals surface area contributed by atoms with Gasteiger partial charge >= 0.3 is 0 Å². The Bertz CT molecular complexity index is 328. The predicted octanol–water partition coefficient (Wildman–Crippen LogP) is 1.45. The number of aryl methyl sites for hydroxylation is 1. The molecule has 0 radical (unpaired) electrons. The molecule has 3 nitrogen and oxygen atoms in total. The lowest BCUT2D eigenvalue weighted by Gasteiger charge is -2.03. The van der Waals surface area contributed by atoms with Gasteiger partial charge in [0.25, 0.3) is 0 Å². The van der Waals surface area contributed by atoms with Crippen LogP contribution in [0, 0.1) is 18.3 Å². The second kappa shape index (κ2) is 4.58. The van der Waals surface area contributed by atoms with Gasteiger partial charge in [-0.2, -0.15) is 5.26 Å². The smallest absolute Gasteiger partial charge is 0.101 e. The summed E-state index contributed by atoms with van der Waals surface area (Å²) in [6.45, 7) is 2.60. The van der Waals surface area contributed by atoms with Crippen molar-refractivity contribution in [1.82, 2.24) is 4.98 Å². The monoisotopic (exact) mass is 176 g/mol. The van der Waals surface area contributed by atoms with E-state index in [0.717, 1.165) is 17.7 Å². The minimum atomic E-state index is 0.608. The number of rotatable bonds is 3. The molecule has 0 bridgehead atoms. The number of aromatic nitrogens is 1. The molecule has 0 aromatic carbocycles. The highest BCUT2D eigenvalue weighted by atomic mass is 16.5. The van der Waals surface area contributed by atoms with Crippen molar-refractivity contribution in [2.75, 3.05) is 13.7 Å². The first-order valence-corrected chi connectivity index (χ1v) is 4.12. The van der Waals surface area contributed by atoms with Crippen LogP contribution in [0.5, 0.6) is 0 Å². The molecule has 1 rings (SSSR count). The number of nitriles is 1. The van der Waals surface area contributed by atoms with Crippen LogP contribution in [0.15, 0.2) is 12.3 Å². The van der Waals surface area contributed by atoms with Crippen molar-refractivity contribution in [3.8, 4) is 6.07 Å². The van der Waals surface area contributed by atoms with Crippen molar-refractivity contribution in [3.05, 3.63) is 29.1 Å². The summed E-state index contributed by atoms with van der Waals surface area (Å²) in [7, 11) is 1.66. The van der Waals surface area contributed by atoms with E-state index in [4.69, 9.17) is 10.00 Å². The van der Waals surface area contributed by atoms with Gasteiger partial charge in [-0.05, 0) is 25.0 Å². The Kier molecular flexibility index (Phi) is 3.41. The van der Waals surface area contributed by atoms with Crippen molar-refractivity contribution in [2.24, 2.45) is 0 Å². The molecule has 0 aliphatic rings. The molecular weight excluding hydrogens is 164 g/mol. The molecule has 0 N–H and O–H groups in total. The Balaban J connectivity index is 2.85. The summed E-state index contributed by atoms with van der Waals surface area (Å²) in [5, 5.41) is 8.66. The first kappa shape index (κ1) is 9.69. The standard InChI is InChI=1S/C10H12N2O/c1-8-10(3-4-13-2)5-9(6-11)7-12-8/h5,7H,3-4H2,1-2H3. The third-order valence-electron chi connectivity index (χ3n) is 1.90. The summed E-state index contributed by atoms with van der Waals surface area (Å²) in [6.07, 6.45) is 2.40. The molecule has 1 aromatic heterocycles. The molecule has 1 heterocycles. The molecule has 68 valence electrons. The van der Waals surface area contributed by atoms with E-state index in [9.17, 15) is 0 Å². The average Bonchev–Trinajstić information content (AvgIpc) is 2.17. The van der Waals surface area contributed by atoms with Crippen molar-refractivity contribution in [2.45, 2.75) is 13.3 Å². The lowest BCUT2D eigenvalue weighted by Crippen LogP contribution is -1.99. The minimum Gasteiger partial charge on any atom is -0.384 e. The molecule has 0 amide bonds. The first-order chi connectivity index (χ1) is 6.27. The van der Waals surface area contributed by atoms with E-state index in [2.05, 4.69) is 11.1 Å². The zero-order chi connectivity index (χ0) is 9.68. The highest BCUT2D eigenvalue weighted by molar-refractivity contribution is 5.32. The Morgan fingerprint density at radius 3 is 3.00 bits per heavy atom. The average molecular weight is 176 g/mol. The van der Waals surface area contributed by atoms with Crippen molar-refractivity contribution in [3.63, 3.8) is 0 Å². The van der Waals surface area contributed by atoms with Gasteiger partial charge < -0.3 is 4.74 Å². The highest BCUT2D eigenvalue weighted by Gasteiger charge is 2.00. The highest BCUT2D eigenvalue weighted by Crippen LogP contribution is 2.08. The van der Waals surface area contributed by atoms with Crippen LogP contribution in [0.3, 0.4) is 0 Å². The molecule has 0 fully saturated rings. The van der Waals surface area contributed by atoms with E-state index >= 15 is 0 Å². The maximum atomic E-state index is 8.66. The zero-order valence-electron chi connectivity index (χ0n) is 7.87. The van der Waals surface area contributed by atoms with E-state index in [1.807, 2.05) is 13.0 Å². The van der Waals surface area contributed by atoms with E-state index in [-0.39, 0.29) is 0 Å². The van der Waals surface area contributed by atoms with Crippen molar-refractivity contribution in [1.29, 1.82) is 5.26 Å². The van der Waals surface area contributed by atoms with Gasteiger partial charge in [-0.1, -0.05) is 0 Å². The summed E-state index contributed by atoms with van der Waals surface area (Å²) in [5.41, 5.74) is 2.66. The molecular formula is C10H12N2O. The number of pyridine rings is 1. The maximum Gasteiger partial charge on any atom is 0.101 e. The van der Waals surface area contributed by atoms with Gasteiger partial charge in [-0.15, -0.1) is 0 Å². The van der Waals surface area contributed by atoms with Crippen LogP contribution < -0.4 is 0 Å². The van der Waals surface area contributed by atoms with Crippen LogP contribution in [0.2, 0.25) is 0 Å². The van der Waals surface area contributed by atoms with Gasteiger partial charge in [0.2, 0.25) is 0 Å². The molecule has 0 aliphatic carbocycles. The van der Waals surface area contributed by atoms with E-state index in [0.29, 0.717) is 12.2 Å². The number of ether oxygens (including phenoxy) is 1. The van der Waals surface area contributed by atoms with Crippen LogP contribution in [0.1, 0.15) is 16.8 Å². The van der Waals surface area contributed by atoms with Crippen LogP contribution >= 0.6 is 0 Å². The van der Waals surface area contributed by atoms with Gasteiger partial charge in [0.05, 0.1) is 12.2 Å². The van der Waals surface area contributed by atoms with Gasteiger partial charge in [-0.25, -0.2) is 0 Å². The third kappa shape index (κ3) is 2.53. The van der Waals surface area contributed by atoms with Crippen LogP contribution in [-0.4, -0.2) is 18.7 Å². The molecule has 0 saturated heterocycles. The summed E-state index contributed by atoms with van der Waals surface area (Å²) in [5.74, 6) is 0. The van der Waals surface area contributed by atoms with Crippen LogP contribution in [-0.2, 0) is 11.2 Å². The largest absolute Gasteiger partial charge is 0.384 e. The normalized spacial score (nSPS) is 9.62. The van der Waals surface area contributed by atoms with Gasteiger partial charge in [0, 0.05) is 19.0 Å². The number of hydrogen-bond donors (Lipinski definition) is 0. The Hall–Kier alpha value is -1.40. The Labute approximate surface area is 78.0 Å². The number of methoxy groups -OCH3 is 1. The Morgan fingerprint density at radius 1 is 1.62 bits per heavy atom. The zero-order valence-corrected chi connectivity index (χ0v) is 7.87. The van der Waals surface area contributed by atoms with Crippen molar-refractivity contribution >= 4 is 0 Å². The molecule has 0 atom stereocenters. The van der Waals surface area contributed by atoms with E-state index < -0.39 is 0 Å². The molecule has 1 aromatic rings. The summed E-state index contributed by atoms with van der Waals surface area (Å²) >= 11 is 0. The minimum absolute atomic E-state index is 0.608. The first-order valence-electron chi connectivity index (χ1n) is 4.12. The summed E-state index contributed by atoms with van der Waals surface area (Å²) in [4.78, 5) is 4.12. The predicted molar refractivity (Wildman–Crippen MR) is 49.3 cm³/mol. The molecule has 0 spiro atoms. The summed E-state index contributed by atoms with van der Waals surface area (Å²) in [6, 6.07) is 3.93. The second-order valence-electron chi connectivity index (χ2n) is 2.82. The maximum absolute atomic E-state index is 8.66. The fraction of sp³-hybridized carbons (Fsp3) is 0.400. The fourth-order valence-corrected chi connectivity index (χ4v) is 1.10. The molecule has 0 saturated carbocycles. The molecule has 0 unspecified atom stereocenters. The SMILES string of the molecule is COCCc1cc(C#N)cnc1C. The fourth-order valence-electron chi connectivity index (χ4n) is 1.10. The Morgan fingerprint density at radius 2 is 2.38 bits per heavy atom. The topological polar surface area (TPSA) is 45.9 Å². The van der Waals surface area contributed by atoms with Crippen LogP contribution in [0.4, 0.5) is 0 Å². The van der Waals surface area contributed by atoms with Crippen molar-refractivity contribution < 1.29 is 4.74 Å². The van der Waals surface area contributed by atoms with E-state index in [1.165, 1.54) is 0 Å². The van der Waals surface area contributed by atoms with Crippen LogP contribution in [0.25, 0.3) is 0 Å². The molecule has 3 heteroatoms. The second-order valence-corrected chi connectivity index (χ2v) is 2.82. The third-order valence-corrected chi connectivity index (χ3v) is 1.90. The van der Waals surface area contributed by atoms with E-state index in [1.54, 1.807) is 13.3 Å². The van der Waals surface area contributed by atoms with Gasteiger partial charge in [0.15, 0.2) is 0 Å². The lowest BCUT2D eigenvalue weighted by molar-refractivity contribution is 0.202. The lowest BCUT2D eigenvalue weighted by atomic mass is 10.1. The summed E-state index contributed by atoms with van der Waals surface area (Å²) < 4.78 is 4.96. The van der Waals surface area contributed by atoms with Gasteiger partial charge in [-0.3, -0.25) is 4.98 Å². The number of nitrogens with zero attached hydrogens (tertiary/aromatic N) is 2. The molecule has 13 heavy (non-hydrogen) atoms. The quantitative estimate of drug-likeness (QED) is 0.700. The number of hydrogen-bond acceptors (Lipinski definition) is 3. The molecule has 0 aliphatic heterocycles.